The predicted molar refractivity (Wildman–Crippen MR) is 165 cm³/mol. The van der Waals surface area contributed by atoms with E-state index in [1.807, 2.05) is 43.9 Å². The van der Waals surface area contributed by atoms with E-state index < -0.39 is 11.6 Å². The topological polar surface area (TPSA) is 101 Å². The minimum absolute atomic E-state index is 0.0349. The van der Waals surface area contributed by atoms with Crippen LogP contribution in [0.1, 0.15) is 88.7 Å². The van der Waals surface area contributed by atoms with Crippen LogP contribution in [0.2, 0.25) is 0 Å². The van der Waals surface area contributed by atoms with Crippen LogP contribution in [0.25, 0.3) is 0 Å². The third-order valence-corrected chi connectivity index (χ3v) is 9.02. The lowest BCUT2D eigenvalue weighted by atomic mass is 9.87. The fourth-order valence-electron chi connectivity index (χ4n) is 6.49. The number of aliphatic carboxylic acids is 1. The number of ether oxygens (including phenoxy) is 3. The number of carbonyl (C=O) groups excluding carboxylic acids is 1. The van der Waals surface area contributed by atoms with Crippen molar-refractivity contribution in [3.05, 3.63) is 47.7 Å². The first-order chi connectivity index (χ1) is 20.6. The Morgan fingerprint density at radius 2 is 1.72 bits per heavy atom. The lowest BCUT2D eigenvalue weighted by Crippen LogP contribution is -2.41. The summed E-state index contributed by atoms with van der Waals surface area (Å²) in [5, 5.41) is 9.38. The fraction of sp³-hybridized carbons (Fsp3) is 0.618. The summed E-state index contributed by atoms with van der Waals surface area (Å²) in [4.78, 5) is 32.7. The zero-order valence-electron chi connectivity index (χ0n) is 26.1. The first-order valence-corrected chi connectivity index (χ1v) is 15.8. The lowest BCUT2D eigenvalue weighted by Gasteiger charge is -2.38. The summed E-state index contributed by atoms with van der Waals surface area (Å²) in [6.07, 6.45) is 7.69. The number of carboxylic acid groups (broad SMARTS) is 1. The molecule has 1 atom stereocenters. The van der Waals surface area contributed by atoms with Crippen molar-refractivity contribution < 1.29 is 28.9 Å². The van der Waals surface area contributed by atoms with Gasteiger partial charge in [0.05, 0.1) is 20.1 Å². The summed E-state index contributed by atoms with van der Waals surface area (Å²) in [6.45, 7) is 9.56. The van der Waals surface area contributed by atoms with Crippen molar-refractivity contribution in [2.75, 3.05) is 44.8 Å². The molecule has 2 aliphatic heterocycles. The molecule has 1 aromatic heterocycles. The van der Waals surface area contributed by atoms with Crippen molar-refractivity contribution in [3.63, 3.8) is 0 Å². The lowest BCUT2D eigenvalue weighted by molar-refractivity contribution is -0.137. The van der Waals surface area contributed by atoms with E-state index in [1.54, 1.807) is 13.3 Å². The monoisotopic (exact) mass is 593 g/mol. The second-order valence-electron chi connectivity index (χ2n) is 13.4. The van der Waals surface area contributed by atoms with Crippen LogP contribution >= 0.6 is 0 Å². The van der Waals surface area contributed by atoms with Crippen molar-refractivity contribution in [3.8, 4) is 11.6 Å². The average molecular weight is 594 g/mol. The minimum Gasteiger partial charge on any atom is -0.497 e. The van der Waals surface area contributed by atoms with Crippen molar-refractivity contribution in [2.45, 2.75) is 83.2 Å². The molecular formula is C34H47N3O6. The number of anilines is 1. The number of carbonyl (C=O) groups is 2. The highest BCUT2D eigenvalue weighted by atomic mass is 16.6. The maximum atomic E-state index is 12.6. The summed E-state index contributed by atoms with van der Waals surface area (Å²) in [7, 11) is 1.71. The number of nitrogens with zero attached hydrogens (tertiary/aromatic N) is 3. The van der Waals surface area contributed by atoms with E-state index in [0.717, 1.165) is 62.9 Å². The van der Waals surface area contributed by atoms with E-state index in [9.17, 15) is 14.7 Å². The molecule has 2 aromatic rings. The van der Waals surface area contributed by atoms with Crippen molar-refractivity contribution in [2.24, 2.45) is 11.8 Å². The average Bonchev–Trinajstić information content (AvgIpc) is 3.84. The summed E-state index contributed by atoms with van der Waals surface area (Å²) in [5.41, 5.74) is 3.09. The first-order valence-electron chi connectivity index (χ1n) is 15.8. The number of methoxy groups -OCH3 is 1. The molecular weight excluding hydrogens is 546 g/mol. The SMILES string of the molecule is COc1ccc(C2CCN(C(=O)OC(C)(C)C)CC2)c(N2CCC(COc3cc(C(CC(=O)O)C4CC4)ccn3)CC2)c1. The summed E-state index contributed by atoms with van der Waals surface area (Å²) in [5.74, 6) is 1.97. The van der Waals surface area contributed by atoms with Crippen molar-refractivity contribution in [1.82, 2.24) is 9.88 Å². The molecule has 0 bridgehead atoms. The molecule has 1 aliphatic carbocycles. The molecule has 43 heavy (non-hydrogen) atoms. The van der Waals surface area contributed by atoms with E-state index >= 15 is 0 Å². The Bertz CT molecular complexity index is 1260. The van der Waals surface area contributed by atoms with E-state index in [0.29, 0.717) is 43.3 Å². The summed E-state index contributed by atoms with van der Waals surface area (Å²) >= 11 is 0. The van der Waals surface area contributed by atoms with Gasteiger partial charge in [0, 0.05) is 50.2 Å². The van der Waals surface area contributed by atoms with E-state index in [2.05, 4.69) is 22.0 Å². The number of benzene rings is 1. The van der Waals surface area contributed by atoms with Gasteiger partial charge in [-0.15, -0.1) is 0 Å². The molecule has 0 spiro atoms. The molecule has 1 amide bonds. The smallest absolute Gasteiger partial charge is 0.410 e. The molecule has 1 unspecified atom stereocenters. The van der Waals surface area contributed by atoms with E-state index in [1.165, 1.54) is 11.3 Å². The first kappa shape index (κ1) is 31.0. The Kier molecular flexibility index (Phi) is 9.67. The van der Waals surface area contributed by atoms with E-state index in [-0.39, 0.29) is 18.4 Å². The van der Waals surface area contributed by atoms with Gasteiger partial charge in [0.25, 0.3) is 0 Å². The molecule has 3 fully saturated rings. The number of likely N-dealkylation sites (tertiary alicyclic amines) is 1. The molecule has 0 radical (unpaired) electrons. The van der Waals surface area contributed by atoms with Gasteiger partial charge in [-0.1, -0.05) is 6.07 Å². The number of aromatic nitrogens is 1. The van der Waals surface area contributed by atoms with Gasteiger partial charge in [0.1, 0.15) is 11.4 Å². The molecule has 2 saturated heterocycles. The molecule has 9 nitrogen and oxygen atoms in total. The Balaban J connectivity index is 1.17. The summed E-state index contributed by atoms with van der Waals surface area (Å²) in [6, 6.07) is 10.3. The maximum Gasteiger partial charge on any atom is 0.410 e. The van der Waals surface area contributed by atoms with Crippen molar-refractivity contribution in [1.29, 1.82) is 0 Å². The van der Waals surface area contributed by atoms with E-state index in [4.69, 9.17) is 14.2 Å². The Hall–Kier alpha value is -3.49. The molecule has 9 heteroatoms. The van der Waals surface area contributed by atoms with Crippen LogP contribution in [0.5, 0.6) is 11.6 Å². The Labute approximate surface area is 255 Å². The third-order valence-electron chi connectivity index (χ3n) is 9.02. The number of amides is 1. The highest BCUT2D eigenvalue weighted by molar-refractivity contribution is 5.69. The molecule has 5 rings (SSSR count). The number of rotatable bonds is 10. The quantitative estimate of drug-likeness (QED) is 0.335. The highest BCUT2D eigenvalue weighted by Crippen LogP contribution is 2.45. The van der Waals surface area contributed by atoms with Crippen LogP contribution in [-0.2, 0) is 9.53 Å². The molecule has 3 aliphatic rings. The number of pyridine rings is 1. The maximum absolute atomic E-state index is 12.6. The van der Waals surface area contributed by atoms with Gasteiger partial charge in [-0.05, 0) is 106 Å². The van der Waals surface area contributed by atoms with Crippen LogP contribution < -0.4 is 14.4 Å². The van der Waals surface area contributed by atoms with Crippen molar-refractivity contribution >= 4 is 17.7 Å². The number of piperidine rings is 2. The van der Waals surface area contributed by atoms with Crippen LogP contribution in [0.15, 0.2) is 36.5 Å². The fourth-order valence-corrected chi connectivity index (χ4v) is 6.49. The second kappa shape index (κ2) is 13.4. The molecule has 1 N–H and O–H groups in total. The van der Waals surface area contributed by atoms with Gasteiger partial charge in [-0.3, -0.25) is 4.79 Å². The highest BCUT2D eigenvalue weighted by Gasteiger charge is 2.34. The zero-order valence-corrected chi connectivity index (χ0v) is 26.1. The number of hydrogen-bond donors (Lipinski definition) is 1. The van der Waals surface area contributed by atoms with Gasteiger partial charge >= 0.3 is 12.1 Å². The van der Waals surface area contributed by atoms with Gasteiger partial charge in [-0.2, -0.15) is 0 Å². The normalized spacial score (nSPS) is 19.2. The number of hydrogen-bond acceptors (Lipinski definition) is 7. The molecule has 3 heterocycles. The van der Waals surface area contributed by atoms with Gasteiger partial charge in [0.2, 0.25) is 5.88 Å². The predicted octanol–water partition coefficient (Wildman–Crippen LogP) is 6.47. The number of carboxylic acids is 1. The largest absolute Gasteiger partial charge is 0.497 e. The second-order valence-corrected chi connectivity index (χ2v) is 13.4. The van der Waals surface area contributed by atoms with Gasteiger partial charge < -0.3 is 29.1 Å². The van der Waals surface area contributed by atoms with Gasteiger partial charge in [0.15, 0.2) is 0 Å². The summed E-state index contributed by atoms with van der Waals surface area (Å²) < 4.78 is 17.4. The zero-order chi connectivity index (χ0) is 30.6. The van der Waals surface area contributed by atoms with Crippen LogP contribution in [0.4, 0.5) is 10.5 Å². The van der Waals surface area contributed by atoms with Gasteiger partial charge in [-0.25, -0.2) is 9.78 Å². The molecule has 1 aromatic carbocycles. The van der Waals surface area contributed by atoms with Crippen LogP contribution in [0.3, 0.4) is 0 Å². The van der Waals surface area contributed by atoms with Crippen LogP contribution in [-0.4, -0.2) is 72.5 Å². The minimum atomic E-state index is -0.756. The Morgan fingerprint density at radius 1 is 1.00 bits per heavy atom. The standard InChI is InChI=1S/C34H47N3O6/c1-34(2,3)43-33(40)37-17-12-25(13-18-37)28-8-7-27(41-4)20-30(28)36-15-10-23(11-16-36)22-42-31-19-26(9-14-35-31)29(21-32(38)39)24-5-6-24/h7-9,14,19-20,23-25,29H,5-6,10-13,15-18,21-22H2,1-4H3,(H,38,39). The molecule has 234 valence electrons. The Morgan fingerprint density at radius 3 is 2.35 bits per heavy atom. The van der Waals surface area contributed by atoms with Crippen LogP contribution in [0, 0.1) is 11.8 Å². The third kappa shape index (κ3) is 8.33. The molecule has 1 saturated carbocycles.